The molecule has 3 rings (SSSR count). The minimum absolute atomic E-state index is 0.0151. The van der Waals surface area contributed by atoms with Gasteiger partial charge in [0.25, 0.3) is 0 Å². The minimum atomic E-state index is -1.34. The largest absolute Gasteiger partial charge is 0.550 e. The van der Waals surface area contributed by atoms with Crippen molar-refractivity contribution in [2.45, 2.75) is 12.2 Å². The molecule has 1 saturated heterocycles. The lowest BCUT2D eigenvalue weighted by Gasteiger charge is -2.25. The van der Waals surface area contributed by atoms with E-state index in [1.54, 1.807) is 18.2 Å². The number of halogens is 1. The molecule has 1 amide bonds. The summed E-state index contributed by atoms with van der Waals surface area (Å²) in [4.78, 5) is 23.3. The number of para-hydroxylation sites is 1. The van der Waals surface area contributed by atoms with Crippen LogP contribution in [0.3, 0.4) is 0 Å². The molecular formula is C14H11FNO4-. The molecule has 0 spiro atoms. The van der Waals surface area contributed by atoms with Crippen LogP contribution in [-0.4, -0.2) is 24.1 Å². The Hall–Kier alpha value is -2.21. The molecule has 5 nitrogen and oxygen atoms in total. The SMILES string of the molecule is O=C([O-])[C@@H]1[C@@H](C(=O)Nc2ccccc2F)[C@H]2C=C[C@@H]1O2. The summed E-state index contributed by atoms with van der Waals surface area (Å²) in [5.41, 5.74) is 0.0151. The van der Waals surface area contributed by atoms with Crippen LogP contribution >= 0.6 is 0 Å². The zero-order valence-corrected chi connectivity index (χ0v) is 10.3. The number of nitrogens with one attached hydrogen (secondary N) is 1. The average molecular weight is 276 g/mol. The monoisotopic (exact) mass is 276 g/mol. The molecule has 20 heavy (non-hydrogen) atoms. The van der Waals surface area contributed by atoms with Crippen molar-refractivity contribution in [3.8, 4) is 0 Å². The first-order valence-corrected chi connectivity index (χ1v) is 6.18. The Balaban J connectivity index is 1.82. The number of carboxylic acids is 1. The van der Waals surface area contributed by atoms with E-state index < -0.39 is 41.7 Å². The highest BCUT2D eigenvalue weighted by molar-refractivity contribution is 5.96. The second kappa shape index (κ2) is 4.72. The number of hydrogen-bond donors (Lipinski definition) is 1. The van der Waals surface area contributed by atoms with E-state index >= 15 is 0 Å². The molecule has 1 aromatic carbocycles. The van der Waals surface area contributed by atoms with E-state index in [-0.39, 0.29) is 5.69 Å². The smallest absolute Gasteiger partial charge is 0.231 e. The van der Waals surface area contributed by atoms with Crippen molar-refractivity contribution in [1.29, 1.82) is 0 Å². The van der Waals surface area contributed by atoms with Gasteiger partial charge in [0.1, 0.15) is 5.82 Å². The van der Waals surface area contributed by atoms with Gasteiger partial charge in [-0.05, 0) is 12.1 Å². The van der Waals surface area contributed by atoms with Gasteiger partial charge in [-0.1, -0.05) is 24.3 Å². The second-order valence-corrected chi connectivity index (χ2v) is 4.79. The molecule has 0 unspecified atom stereocenters. The van der Waals surface area contributed by atoms with Crippen LogP contribution < -0.4 is 10.4 Å². The summed E-state index contributed by atoms with van der Waals surface area (Å²) in [5, 5.41) is 13.5. The van der Waals surface area contributed by atoms with Gasteiger partial charge >= 0.3 is 0 Å². The molecule has 1 N–H and O–H groups in total. The van der Waals surface area contributed by atoms with Crippen molar-refractivity contribution >= 4 is 17.6 Å². The highest BCUT2D eigenvalue weighted by Gasteiger charge is 2.50. The third-order valence-corrected chi connectivity index (χ3v) is 3.61. The third-order valence-electron chi connectivity index (χ3n) is 3.61. The van der Waals surface area contributed by atoms with Gasteiger partial charge in [0.15, 0.2) is 0 Å². The lowest BCUT2D eigenvalue weighted by molar-refractivity contribution is -0.313. The Labute approximate surface area is 114 Å². The summed E-state index contributed by atoms with van der Waals surface area (Å²) < 4.78 is 18.9. The molecule has 2 aliphatic heterocycles. The average Bonchev–Trinajstić information content (AvgIpc) is 3.01. The summed E-state index contributed by atoms with van der Waals surface area (Å²) in [6.45, 7) is 0. The maximum atomic E-state index is 13.5. The van der Waals surface area contributed by atoms with Crippen molar-refractivity contribution in [3.05, 3.63) is 42.2 Å². The van der Waals surface area contributed by atoms with Gasteiger partial charge in [-0.3, -0.25) is 4.79 Å². The summed E-state index contributed by atoms with van der Waals surface area (Å²) in [6.07, 6.45) is 2.00. The normalized spacial score (nSPS) is 30.4. The number of rotatable bonds is 3. The van der Waals surface area contributed by atoms with Crippen LogP contribution in [0.1, 0.15) is 0 Å². The second-order valence-electron chi connectivity index (χ2n) is 4.79. The van der Waals surface area contributed by atoms with Crippen molar-refractivity contribution in [2.24, 2.45) is 11.8 Å². The van der Waals surface area contributed by atoms with Crippen LogP contribution in [0.15, 0.2) is 36.4 Å². The van der Waals surface area contributed by atoms with E-state index in [4.69, 9.17) is 4.74 Å². The van der Waals surface area contributed by atoms with Gasteiger partial charge in [0.05, 0.1) is 23.8 Å². The first-order chi connectivity index (χ1) is 9.58. The van der Waals surface area contributed by atoms with Crippen molar-refractivity contribution in [3.63, 3.8) is 0 Å². The van der Waals surface area contributed by atoms with E-state index in [1.165, 1.54) is 18.2 Å². The quantitative estimate of drug-likeness (QED) is 0.793. The predicted molar refractivity (Wildman–Crippen MR) is 64.8 cm³/mol. The fraction of sp³-hybridized carbons (Fsp3) is 0.286. The fourth-order valence-corrected chi connectivity index (χ4v) is 2.68. The number of fused-ring (bicyclic) bond motifs is 2. The molecule has 1 aromatic rings. The Bertz CT molecular complexity index is 601. The maximum Gasteiger partial charge on any atom is 0.231 e. The molecule has 2 bridgehead atoms. The maximum absolute atomic E-state index is 13.5. The topological polar surface area (TPSA) is 78.5 Å². The Morgan fingerprint density at radius 2 is 1.80 bits per heavy atom. The highest BCUT2D eigenvalue weighted by Crippen LogP contribution is 2.39. The van der Waals surface area contributed by atoms with Crippen molar-refractivity contribution < 1.29 is 23.8 Å². The zero-order valence-electron chi connectivity index (χ0n) is 10.3. The highest BCUT2D eigenvalue weighted by atomic mass is 19.1. The molecular weight excluding hydrogens is 265 g/mol. The molecule has 6 heteroatoms. The number of hydrogen-bond acceptors (Lipinski definition) is 4. The van der Waals surface area contributed by atoms with Crippen molar-refractivity contribution in [1.82, 2.24) is 0 Å². The number of carbonyl (C=O) groups excluding carboxylic acids is 2. The number of carboxylic acid groups (broad SMARTS) is 1. The lowest BCUT2D eigenvalue weighted by Crippen LogP contribution is -2.45. The number of benzene rings is 1. The van der Waals surface area contributed by atoms with Crippen LogP contribution in [0.25, 0.3) is 0 Å². The molecule has 0 saturated carbocycles. The van der Waals surface area contributed by atoms with E-state index in [0.717, 1.165) is 0 Å². The van der Waals surface area contributed by atoms with Gasteiger partial charge in [-0.25, -0.2) is 4.39 Å². The number of ether oxygens (including phenoxy) is 1. The molecule has 104 valence electrons. The standard InChI is InChI=1S/C14H12FNO4/c15-7-3-1-2-4-8(7)16-13(17)11-9-5-6-10(20-9)12(11)14(18)19/h1-6,9-12H,(H,16,17)(H,18,19)/p-1/t9-,10+,11+,12+/m1/s1. The van der Waals surface area contributed by atoms with Crippen LogP contribution in [0.5, 0.6) is 0 Å². The van der Waals surface area contributed by atoms with E-state index in [0.29, 0.717) is 0 Å². The summed E-state index contributed by atoms with van der Waals surface area (Å²) in [7, 11) is 0. The zero-order chi connectivity index (χ0) is 14.3. The Morgan fingerprint density at radius 3 is 2.45 bits per heavy atom. The van der Waals surface area contributed by atoms with E-state index in [1.807, 2.05) is 0 Å². The predicted octanol–water partition coefficient (Wildman–Crippen LogP) is 0.0837. The van der Waals surface area contributed by atoms with Crippen LogP contribution in [0.2, 0.25) is 0 Å². The van der Waals surface area contributed by atoms with E-state index in [9.17, 15) is 19.1 Å². The molecule has 0 aliphatic carbocycles. The number of amides is 1. The van der Waals surface area contributed by atoms with Crippen LogP contribution in [0.4, 0.5) is 10.1 Å². The number of carbonyl (C=O) groups is 2. The molecule has 2 heterocycles. The lowest BCUT2D eigenvalue weighted by atomic mass is 9.82. The molecule has 2 aliphatic rings. The molecule has 0 aromatic heterocycles. The number of anilines is 1. The Kier molecular flexibility index (Phi) is 3.02. The van der Waals surface area contributed by atoms with Crippen LogP contribution in [0, 0.1) is 17.7 Å². The summed E-state index contributed by atoms with van der Waals surface area (Å²) in [6, 6.07) is 5.69. The summed E-state index contributed by atoms with van der Waals surface area (Å²) >= 11 is 0. The number of aliphatic carboxylic acids is 1. The summed E-state index contributed by atoms with van der Waals surface area (Å²) in [5.74, 6) is -4.45. The Morgan fingerprint density at radius 1 is 1.15 bits per heavy atom. The van der Waals surface area contributed by atoms with Crippen molar-refractivity contribution in [2.75, 3.05) is 5.32 Å². The third kappa shape index (κ3) is 1.98. The first kappa shape index (κ1) is 12.8. The minimum Gasteiger partial charge on any atom is -0.550 e. The van der Waals surface area contributed by atoms with Gasteiger partial charge in [-0.2, -0.15) is 0 Å². The van der Waals surface area contributed by atoms with Gasteiger partial charge in [-0.15, -0.1) is 0 Å². The molecule has 0 radical (unpaired) electrons. The van der Waals surface area contributed by atoms with Gasteiger partial charge in [0, 0.05) is 11.9 Å². The van der Waals surface area contributed by atoms with E-state index in [2.05, 4.69) is 5.32 Å². The molecule has 4 atom stereocenters. The first-order valence-electron chi connectivity index (χ1n) is 6.18. The molecule has 1 fully saturated rings. The van der Waals surface area contributed by atoms with Crippen LogP contribution in [-0.2, 0) is 14.3 Å². The van der Waals surface area contributed by atoms with Gasteiger partial charge in [0.2, 0.25) is 5.91 Å². The van der Waals surface area contributed by atoms with Gasteiger partial charge < -0.3 is 20.0 Å². The fourth-order valence-electron chi connectivity index (χ4n) is 2.68.